The summed E-state index contributed by atoms with van der Waals surface area (Å²) in [4.78, 5) is 3.53. The van der Waals surface area contributed by atoms with Gasteiger partial charge in [0.1, 0.15) is 0 Å². The van der Waals surface area contributed by atoms with Gasteiger partial charge in [-0.2, -0.15) is 9.37 Å². The van der Waals surface area contributed by atoms with Gasteiger partial charge in [0, 0.05) is 15.7 Å². The summed E-state index contributed by atoms with van der Waals surface area (Å²) in [6.07, 6.45) is 0. The van der Waals surface area contributed by atoms with Crippen LogP contribution in [0.4, 0.5) is 4.39 Å². The highest BCUT2D eigenvalue weighted by Gasteiger charge is 1.99. The van der Waals surface area contributed by atoms with Crippen molar-refractivity contribution in [1.29, 1.82) is 0 Å². The molecule has 2 nitrogen and oxygen atoms in total. The zero-order valence-corrected chi connectivity index (χ0v) is 8.13. The third-order valence-electron chi connectivity index (χ3n) is 1.03. The largest absolute Gasteiger partial charge is 0.478 e. The summed E-state index contributed by atoms with van der Waals surface area (Å²) in [6, 6.07) is 3.04. The Labute approximate surface area is 77.9 Å². The summed E-state index contributed by atoms with van der Waals surface area (Å²) in [7, 11) is 0. The standard InChI is InChI=1S/C7H7FINO/c1-2-11-7-4-5(9)3-6(8)10-7/h3-4H,2H2,1H3. The average molecular weight is 267 g/mol. The van der Waals surface area contributed by atoms with Gasteiger partial charge in [0.25, 0.3) is 0 Å². The summed E-state index contributed by atoms with van der Waals surface area (Å²) in [5, 5.41) is 0. The fourth-order valence-electron chi connectivity index (χ4n) is 0.665. The summed E-state index contributed by atoms with van der Waals surface area (Å²) < 4.78 is 18.4. The van der Waals surface area contributed by atoms with Gasteiger partial charge in [-0.15, -0.1) is 0 Å². The molecule has 0 fully saturated rings. The van der Waals surface area contributed by atoms with Gasteiger partial charge < -0.3 is 4.74 Å². The Hall–Kier alpha value is -0.390. The Balaban J connectivity index is 2.89. The molecule has 0 aromatic carbocycles. The van der Waals surface area contributed by atoms with Crippen molar-refractivity contribution in [3.05, 3.63) is 21.7 Å². The van der Waals surface area contributed by atoms with Gasteiger partial charge in [-0.25, -0.2) is 0 Å². The van der Waals surface area contributed by atoms with Gasteiger partial charge in [0.2, 0.25) is 11.8 Å². The number of ether oxygens (including phenoxy) is 1. The maximum atomic E-state index is 12.6. The smallest absolute Gasteiger partial charge is 0.217 e. The second-order valence-electron chi connectivity index (χ2n) is 1.88. The maximum absolute atomic E-state index is 12.6. The molecule has 1 aromatic rings. The maximum Gasteiger partial charge on any atom is 0.217 e. The third kappa shape index (κ3) is 2.61. The lowest BCUT2D eigenvalue weighted by Crippen LogP contribution is -1.96. The highest BCUT2D eigenvalue weighted by Crippen LogP contribution is 2.13. The van der Waals surface area contributed by atoms with E-state index in [0.717, 1.165) is 3.57 Å². The van der Waals surface area contributed by atoms with E-state index in [9.17, 15) is 4.39 Å². The van der Waals surface area contributed by atoms with Crippen molar-refractivity contribution in [2.45, 2.75) is 6.92 Å². The number of pyridine rings is 1. The average Bonchev–Trinajstić information content (AvgIpc) is 1.85. The van der Waals surface area contributed by atoms with Crippen molar-refractivity contribution < 1.29 is 9.13 Å². The topological polar surface area (TPSA) is 22.1 Å². The minimum Gasteiger partial charge on any atom is -0.478 e. The number of nitrogens with zero attached hydrogens (tertiary/aromatic N) is 1. The Bertz CT molecular complexity index is 234. The molecule has 60 valence electrons. The number of rotatable bonds is 2. The Morgan fingerprint density at radius 2 is 2.36 bits per heavy atom. The van der Waals surface area contributed by atoms with Crippen LogP contribution in [0.3, 0.4) is 0 Å². The second kappa shape index (κ2) is 3.85. The van der Waals surface area contributed by atoms with E-state index in [4.69, 9.17) is 4.74 Å². The molecule has 0 bridgehead atoms. The molecule has 1 aromatic heterocycles. The van der Waals surface area contributed by atoms with Crippen LogP contribution >= 0.6 is 22.6 Å². The van der Waals surface area contributed by atoms with E-state index < -0.39 is 5.95 Å². The quantitative estimate of drug-likeness (QED) is 0.605. The van der Waals surface area contributed by atoms with Crippen molar-refractivity contribution in [2.75, 3.05) is 6.61 Å². The highest BCUT2D eigenvalue weighted by atomic mass is 127. The molecule has 11 heavy (non-hydrogen) atoms. The third-order valence-corrected chi connectivity index (χ3v) is 1.65. The molecule has 0 spiro atoms. The van der Waals surface area contributed by atoms with Crippen LogP contribution in [0.5, 0.6) is 5.88 Å². The van der Waals surface area contributed by atoms with Crippen LogP contribution in [0.1, 0.15) is 6.92 Å². The first-order valence-electron chi connectivity index (χ1n) is 3.18. The minimum absolute atomic E-state index is 0.344. The molecule has 0 atom stereocenters. The zero-order valence-electron chi connectivity index (χ0n) is 5.97. The molecule has 0 N–H and O–H groups in total. The van der Waals surface area contributed by atoms with Crippen molar-refractivity contribution in [1.82, 2.24) is 4.98 Å². The van der Waals surface area contributed by atoms with E-state index in [1.165, 1.54) is 6.07 Å². The van der Waals surface area contributed by atoms with Gasteiger partial charge in [-0.3, -0.25) is 0 Å². The molecule has 1 rings (SSSR count). The van der Waals surface area contributed by atoms with Crippen LogP contribution < -0.4 is 4.74 Å². The van der Waals surface area contributed by atoms with Crippen LogP contribution in [0.15, 0.2) is 12.1 Å². The van der Waals surface area contributed by atoms with E-state index in [-0.39, 0.29) is 0 Å². The van der Waals surface area contributed by atoms with Crippen molar-refractivity contribution in [3.8, 4) is 5.88 Å². The first kappa shape index (κ1) is 8.70. The SMILES string of the molecule is CCOc1cc(I)cc(F)n1. The Morgan fingerprint density at radius 3 is 2.91 bits per heavy atom. The molecule has 1 heterocycles. The zero-order chi connectivity index (χ0) is 8.27. The predicted octanol–water partition coefficient (Wildman–Crippen LogP) is 2.22. The second-order valence-corrected chi connectivity index (χ2v) is 3.12. The molecule has 4 heteroatoms. The number of aromatic nitrogens is 1. The van der Waals surface area contributed by atoms with Gasteiger partial charge >= 0.3 is 0 Å². The van der Waals surface area contributed by atoms with Crippen LogP contribution in [-0.4, -0.2) is 11.6 Å². The van der Waals surface area contributed by atoms with Crippen molar-refractivity contribution in [2.24, 2.45) is 0 Å². The first-order chi connectivity index (χ1) is 5.22. The van der Waals surface area contributed by atoms with Crippen molar-refractivity contribution >= 4 is 22.6 Å². The lowest BCUT2D eigenvalue weighted by atomic mass is 10.5. The summed E-state index contributed by atoms with van der Waals surface area (Å²) in [5.41, 5.74) is 0. The van der Waals surface area contributed by atoms with Crippen LogP contribution in [-0.2, 0) is 0 Å². The molecule has 0 saturated carbocycles. The number of halogens is 2. The molecule has 0 aliphatic heterocycles. The van der Waals surface area contributed by atoms with E-state index in [0.29, 0.717) is 12.5 Å². The molecule has 0 amide bonds. The van der Waals surface area contributed by atoms with Gasteiger partial charge in [0.15, 0.2) is 0 Å². The normalized spacial score (nSPS) is 9.73. The molecule has 0 aliphatic rings. The highest BCUT2D eigenvalue weighted by molar-refractivity contribution is 14.1. The molecule has 0 saturated heterocycles. The minimum atomic E-state index is -0.500. The molecule has 0 aliphatic carbocycles. The van der Waals surface area contributed by atoms with E-state index in [2.05, 4.69) is 4.98 Å². The van der Waals surface area contributed by atoms with E-state index in [1.807, 2.05) is 29.5 Å². The van der Waals surface area contributed by atoms with Gasteiger partial charge in [0.05, 0.1) is 6.61 Å². The van der Waals surface area contributed by atoms with Crippen LogP contribution in [0, 0.1) is 9.52 Å². The van der Waals surface area contributed by atoms with Gasteiger partial charge in [-0.1, -0.05) is 0 Å². The fraction of sp³-hybridized carbons (Fsp3) is 0.286. The lowest BCUT2D eigenvalue weighted by molar-refractivity contribution is 0.320. The van der Waals surface area contributed by atoms with Crippen molar-refractivity contribution in [3.63, 3.8) is 0 Å². The Morgan fingerprint density at radius 1 is 1.64 bits per heavy atom. The Kier molecular flexibility index (Phi) is 3.04. The molecule has 0 radical (unpaired) electrons. The monoisotopic (exact) mass is 267 g/mol. The summed E-state index contributed by atoms with van der Waals surface area (Å²) >= 11 is 2.01. The lowest BCUT2D eigenvalue weighted by Gasteiger charge is -2.00. The molecule has 0 unspecified atom stereocenters. The van der Waals surface area contributed by atoms with E-state index >= 15 is 0 Å². The molecular formula is C7H7FINO. The number of hydrogen-bond donors (Lipinski definition) is 0. The van der Waals surface area contributed by atoms with E-state index in [1.54, 1.807) is 6.07 Å². The predicted molar refractivity (Wildman–Crippen MR) is 48.1 cm³/mol. The van der Waals surface area contributed by atoms with Crippen LogP contribution in [0.2, 0.25) is 0 Å². The molecular weight excluding hydrogens is 260 g/mol. The first-order valence-corrected chi connectivity index (χ1v) is 4.26. The fourth-order valence-corrected chi connectivity index (χ4v) is 1.19. The van der Waals surface area contributed by atoms with Gasteiger partial charge in [-0.05, 0) is 29.5 Å². The number of hydrogen-bond acceptors (Lipinski definition) is 2. The van der Waals surface area contributed by atoms with Crippen LogP contribution in [0.25, 0.3) is 0 Å². The summed E-state index contributed by atoms with van der Waals surface area (Å²) in [5.74, 6) is -0.155. The summed E-state index contributed by atoms with van der Waals surface area (Å²) in [6.45, 7) is 2.34.